The van der Waals surface area contributed by atoms with Crippen molar-refractivity contribution in [3.63, 3.8) is 0 Å². The van der Waals surface area contributed by atoms with E-state index in [9.17, 15) is 9.59 Å². The standard InChI is InChI=1S/C26H27NO2/c1-12(2)17-15-10-11-16(17)20-19(15)21-18(13(3)4)22(20)24-23(21)25(28)27(26(24)29)14-8-6-5-7-9-14/h5-9,15-16,21-24H,10-11H2,1-4H3/t15-,16-,21-,22-,23+,24+/m1/s1. The molecule has 3 nitrogen and oxygen atoms in total. The number of amides is 2. The smallest absolute Gasteiger partial charge is 0.238 e. The highest BCUT2D eigenvalue weighted by molar-refractivity contribution is 6.23. The van der Waals surface area contributed by atoms with Gasteiger partial charge in [0.05, 0.1) is 17.5 Å². The summed E-state index contributed by atoms with van der Waals surface area (Å²) in [6.45, 7) is 8.82. The lowest BCUT2D eigenvalue weighted by Gasteiger charge is -2.28. The van der Waals surface area contributed by atoms with Crippen molar-refractivity contribution in [2.75, 3.05) is 4.90 Å². The molecule has 5 aliphatic rings. The first-order valence-corrected chi connectivity index (χ1v) is 10.9. The molecule has 1 aromatic rings. The summed E-state index contributed by atoms with van der Waals surface area (Å²) in [7, 11) is 0. The molecule has 0 unspecified atom stereocenters. The first-order chi connectivity index (χ1) is 13.9. The van der Waals surface area contributed by atoms with Gasteiger partial charge in [0.2, 0.25) is 11.8 Å². The Balaban J connectivity index is 1.51. The van der Waals surface area contributed by atoms with E-state index in [1.807, 2.05) is 30.3 Å². The second kappa shape index (κ2) is 5.59. The average Bonchev–Trinajstić information content (AvgIpc) is 3.45. The molecule has 1 aromatic carbocycles. The number of rotatable bonds is 1. The molecule has 2 amide bonds. The van der Waals surface area contributed by atoms with Crippen LogP contribution in [0.5, 0.6) is 0 Å². The summed E-state index contributed by atoms with van der Waals surface area (Å²) in [5.41, 5.74) is 9.57. The molecule has 6 atom stereocenters. The Labute approximate surface area is 172 Å². The molecule has 148 valence electrons. The topological polar surface area (TPSA) is 37.4 Å². The van der Waals surface area contributed by atoms with Crippen molar-refractivity contribution in [1.29, 1.82) is 0 Å². The van der Waals surface area contributed by atoms with Gasteiger partial charge in [0.25, 0.3) is 0 Å². The van der Waals surface area contributed by atoms with Gasteiger partial charge in [-0.3, -0.25) is 9.59 Å². The van der Waals surface area contributed by atoms with E-state index in [2.05, 4.69) is 27.7 Å². The fourth-order valence-electron chi connectivity index (χ4n) is 7.59. The number of hydrogen-bond acceptors (Lipinski definition) is 2. The van der Waals surface area contributed by atoms with Crippen LogP contribution in [0.2, 0.25) is 0 Å². The highest BCUT2D eigenvalue weighted by atomic mass is 16.2. The number of nitrogens with zero attached hydrogens (tertiary/aromatic N) is 1. The Morgan fingerprint density at radius 1 is 0.759 bits per heavy atom. The summed E-state index contributed by atoms with van der Waals surface area (Å²) in [6, 6.07) is 9.49. The number of hydrogen-bond donors (Lipinski definition) is 0. The number of fused-ring (bicyclic) bond motifs is 11. The van der Waals surface area contributed by atoms with Gasteiger partial charge >= 0.3 is 0 Å². The molecule has 0 spiro atoms. The third-order valence-corrected chi connectivity index (χ3v) is 8.20. The molecule has 2 saturated carbocycles. The minimum absolute atomic E-state index is 0.0190. The van der Waals surface area contributed by atoms with Gasteiger partial charge in [0, 0.05) is 23.7 Å². The van der Waals surface area contributed by atoms with Crippen LogP contribution < -0.4 is 4.90 Å². The second-order valence-electron chi connectivity index (χ2n) is 9.86. The van der Waals surface area contributed by atoms with Gasteiger partial charge in [-0.05, 0) is 52.7 Å². The van der Waals surface area contributed by atoms with Gasteiger partial charge in [-0.1, -0.05) is 51.6 Å². The van der Waals surface area contributed by atoms with Crippen molar-refractivity contribution in [3.05, 3.63) is 63.8 Å². The highest BCUT2D eigenvalue weighted by Crippen LogP contribution is 2.72. The first-order valence-electron chi connectivity index (χ1n) is 10.9. The molecular formula is C26H27NO2. The van der Waals surface area contributed by atoms with E-state index >= 15 is 0 Å². The summed E-state index contributed by atoms with van der Waals surface area (Å²) in [4.78, 5) is 28.7. The van der Waals surface area contributed by atoms with Crippen LogP contribution in [0.15, 0.2) is 63.8 Å². The molecule has 3 fully saturated rings. The van der Waals surface area contributed by atoms with E-state index in [1.54, 1.807) is 5.57 Å². The summed E-state index contributed by atoms with van der Waals surface area (Å²) in [6.07, 6.45) is 2.43. The van der Waals surface area contributed by atoms with Gasteiger partial charge in [0.1, 0.15) is 0 Å². The SMILES string of the molecule is CC(C)=C1[C@H]2CC[C@H]1C1=C2[C@H]2C(=C(C)C)[C@H]1[C@@H]1C(=O)N(c3ccccc3)C(=O)[C@@H]21. The fourth-order valence-corrected chi connectivity index (χ4v) is 7.59. The third kappa shape index (κ3) is 1.90. The monoisotopic (exact) mass is 385 g/mol. The number of benzene rings is 1. The number of para-hydroxylation sites is 1. The molecule has 1 heterocycles. The molecule has 1 saturated heterocycles. The minimum atomic E-state index is -0.200. The van der Waals surface area contributed by atoms with Gasteiger partial charge in [0.15, 0.2) is 0 Å². The summed E-state index contributed by atoms with van der Waals surface area (Å²) >= 11 is 0. The predicted octanol–water partition coefficient (Wildman–Crippen LogP) is 5.06. The van der Waals surface area contributed by atoms with Crippen LogP contribution in [0.1, 0.15) is 40.5 Å². The molecule has 0 N–H and O–H groups in total. The quantitative estimate of drug-likeness (QED) is 0.385. The lowest BCUT2D eigenvalue weighted by molar-refractivity contribution is -0.123. The van der Waals surface area contributed by atoms with Crippen molar-refractivity contribution >= 4 is 17.5 Å². The zero-order valence-corrected chi connectivity index (χ0v) is 17.5. The molecule has 6 rings (SSSR count). The number of carbonyl (C=O) groups excluding carboxylic acids is 2. The largest absolute Gasteiger partial charge is 0.274 e. The number of imide groups is 1. The van der Waals surface area contributed by atoms with E-state index in [0.29, 0.717) is 11.8 Å². The molecule has 3 heteroatoms. The Kier molecular flexibility index (Phi) is 3.36. The van der Waals surface area contributed by atoms with Crippen molar-refractivity contribution in [3.8, 4) is 0 Å². The molecule has 4 aliphatic carbocycles. The van der Waals surface area contributed by atoms with Crippen LogP contribution in [-0.4, -0.2) is 11.8 Å². The minimum Gasteiger partial charge on any atom is -0.274 e. The lowest BCUT2D eigenvalue weighted by Crippen LogP contribution is -2.33. The van der Waals surface area contributed by atoms with Crippen molar-refractivity contribution in [2.24, 2.45) is 35.5 Å². The molecule has 4 bridgehead atoms. The average molecular weight is 386 g/mol. The maximum Gasteiger partial charge on any atom is 0.238 e. The van der Waals surface area contributed by atoms with Crippen LogP contribution in [0.4, 0.5) is 5.69 Å². The van der Waals surface area contributed by atoms with Crippen LogP contribution >= 0.6 is 0 Å². The van der Waals surface area contributed by atoms with Gasteiger partial charge in [-0.25, -0.2) is 4.90 Å². The van der Waals surface area contributed by atoms with Crippen LogP contribution in [0.3, 0.4) is 0 Å². The maximum atomic E-state index is 13.6. The second-order valence-corrected chi connectivity index (χ2v) is 9.86. The molecule has 0 aromatic heterocycles. The number of allylic oxidation sites excluding steroid dienone is 6. The molecular weight excluding hydrogens is 358 g/mol. The highest BCUT2D eigenvalue weighted by Gasteiger charge is 2.70. The normalized spacial score (nSPS) is 36.5. The summed E-state index contributed by atoms with van der Waals surface area (Å²) < 4.78 is 0. The van der Waals surface area contributed by atoms with Crippen LogP contribution in [-0.2, 0) is 9.59 Å². The van der Waals surface area contributed by atoms with E-state index in [4.69, 9.17) is 0 Å². The Morgan fingerprint density at radius 2 is 1.24 bits per heavy atom. The Bertz CT molecular complexity index is 1010. The van der Waals surface area contributed by atoms with E-state index in [0.717, 1.165) is 5.69 Å². The van der Waals surface area contributed by atoms with Gasteiger partial charge in [-0.2, -0.15) is 0 Å². The maximum absolute atomic E-state index is 13.6. The van der Waals surface area contributed by atoms with E-state index in [-0.39, 0.29) is 35.5 Å². The van der Waals surface area contributed by atoms with E-state index < -0.39 is 0 Å². The predicted molar refractivity (Wildman–Crippen MR) is 113 cm³/mol. The van der Waals surface area contributed by atoms with Gasteiger partial charge < -0.3 is 0 Å². The first kappa shape index (κ1) is 17.4. The number of anilines is 1. The number of carbonyl (C=O) groups is 2. The van der Waals surface area contributed by atoms with Crippen molar-refractivity contribution in [1.82, 2.24) is 0 Å². The lowest BCUT2D eigenvalue weighted by atomic mass is 9.72. The zero-order chi connectivity index (χ0) is 20.2. The van der Waals surface area contributed by atoms with Gasteiger partial charge in [-0.15, -0.1) is 0 Å². The van der Waals surface area contributed by atoms with Crippen molar-refractivity contribution in [2.45, 2.75) is 40.5 Å². The molecule has 0 radical (unpaired) electrons. The Hall–Kier alpha value is -2.42. The fraction of sp³-hybridized carbons (Fsp3) is 0.462. The van der Waals surface area contributed by atoms with Crippen LogP contribution in [0.25, 0.3) is 0 Å². The summed E-state index contributed by atoms with van der Waals surface area (Å²) in [5.74, 6) is 0.969. The zero-order valence-electron chi connectivity index (χ0n) is 17.5. The van der Waals surface area contributed by atoms with Crippen LogP contribution in [0, 0.1) is 35.5 Å². The summed E-state index contributed by atoms with van der Waals surface area (Å²) in [5, 5.41) is 0. The van der Waals surface area contributed by atoms with Crippen molar-refractivity contribution < 1.29 is 9.59 Å². The Morgan fingerprint density at radius 3 is 1.69 bits per heavy atom. The molecule has 29 heavy (non-hydrogen) atoms. The van der Waals surface area contributed by atoms with E-state index in [1.165, 1.54) is 45.6 Å². The third-order valence-electron chi connectivity index (χ3n) is 8.20. The molecule has 1 aliphatic heterocycles.